The number of benzene rings is 3. The van der Waals surface area contributed by atoms with Gasteiger partial charge in [0.15, 0.2) is 0 Å². The molecule has 0 radical (unpaired) electrons. The molecular formula is C33H39Cl2N3O4S. The number of carbonyl (C=O) groups is 2. The molecule has 0 spiro atoms. The summed E-state index contributed by atoms with van der Waals surface area (Å²) in [6, 6.07) is 19.1. The molecule has 1 atom stereocenters. The van der Waals surface area contributed by atoms with E-state index in [-0.39, 0.29) is 24.9 Å². The minimum Gasteiger partial charge on any atom is -0.352 e. The van der Waals surface area contributed by atoms with Crippen LogP contribution < -0.4 is 9.62 Å². The third kappa shape index (κ3) is 9.21. The quantitative estimate of drug-likeness (QED) is 0.260. The third-order valence-corrected chi connectivity index (χ3v) is 9.61. The van der Waals surface area contributed by atoms with Gasteiger partial charge in [-0.1, -0.05) is 84.9 Å². The van der Waals surface area contributed by atoms with Gasteiger partial charge >= 0.3 is 0 Å². The Bertz CT molecular complexity index is 1520. The molecule has 2 amide bonds. The largest absolute Gasteiger partial charge is 0.352 e. The SMILES string of the molecule is Cc1cc(C)cc(N(CC(=O)N(Cc2ccc(Cl)c(Cl)c2)C(Cc2ccccc2)C(=O)NC2CCCCC2)S(C)(=O)=O)c1. The number of anilines is 1. The highest BCUT2D eigenvalue weighted by molar-refractivity contribution is 7.92. The van der Waals surface area contributed by atoms with Gasteiger partial charge in [-0.15, -0.1) is 0 Å². The molecule has 0 heterocycles. The van der Waals surface area contributed by atoms with Crippen molar-refractivity contribution < 1.29 is 18.0 Å². The molecule has 10 heteroatoms. The third-order valence-electron chi connectivity index (χ3n) is 7.73. The van der Waals surface area contributed by atoms with Crippen LogP contribution in [0.1, 0.15) is 54.4 Å². The molecule has 230 valence electrons. The zero-order valence-electron chi connectivity index (χ0n) is 24.9. The van der Waals surface area contributed by atoms with E-state index in [0.717, 1.165) is 59.4 Å². The molecule has 3 aromatic rings. The van der Waals surface area contributed by atoms with E-state index in [4.69, 9.17) is 23.2 Å². The van der Waals surface area contributed by atoms with Gasteiger partial charge in [-0.2, -0.15) is 0 Å². The Balaban J connectivity index is 1.75. The summed E-state index contributed by atoms with van der Waals surface area (Å²) in [5, 5.41) is 3.90. The maximum absolute atomic E-state index is 14.3. The van der Waals surface area contributed by atoms with Crippen LogP contribution in [0.3, 0.4) is 0 Å². The molecule has 1 aliphatic carbocycles. The molecule has 7 nitrogen and oxygen atoms in total. The normalized spacial score (nSPS) is 14.6. The Morgan fingerprint density at radius 2 is 1.53 bits per heavy atom. The summed E-state index contributed by atoms with van der Waals surface area (Å²) < 4.78 is 27.2. The summed E-state index contributed by atoms with van der Waals surface area (Å²) in [5.74, 6) is -0.767. The minimum absolute atomic E-state index is 0.0317. The fourth-order valence-electron chi connectivity index (χ4n) is 5.64. The molecule has 1 N–H and O–H groups in total. The van der Waals surface area contributed by atoms with E-state index in [2.05, 4.69) is 5.32 Å². The summed E-state index contributed by atoms with van der Waals surface area (Å²) in [5.41, 5.74) is 3.69. The number of hydrogen-bond donors (Lipinski definition) is 1. The maximum Gasteiger partial charge on any atom is 0.244 e. The van der Waals surface area contributed by atoms with Crippen LogP contribution in [0, 0.1) is 13.8 Å². The maximum atomic E-state index is 14.3. The lowest BCUT2D eigenvalue weighted by Crippen LogP contribution is -2.55. The van der Waals surface area contributed by atoms with Gasteiger partial charge in [-0.3, -0.25) is 13.9 Å². The van der Waals surface area contributed by atoms with Gasteiger partial charge in [-0.25, -0.2) is 8.42 Å². The van der Waals surface area contributed by atoms with Crippen molar-refractivity contribution in [2.45, 2.75) is 71.0 Å². The van der Waals surface area contributed by atoms with Crippen LogP contribution in [0.4, 0.5) is 5.69 Å². The van der Waals surface area contributed by atoms with Gasteiger partial charge in [0.1, 0.15) is 12.6 Å². The predicted molar refractivity (Wildman–Crippen MR) is 174 cm³/mol. The Labute approximate surface area is 265 Å². The zero-order chi connectivity index (χ0) is 31.1. The number of carbonyl (C=O) groups excluding carboxylic acids is 2. The van der Waals surface area contributed by atoms with Crippen molar-refractivity contribution in [3.8, 4) is 0 Å². The molecule has 43 heavy (non-hydrogen) atoms. The van der Waals surface area contributed by atoms with Crippen LogP contribution in [-0.2, 0) is 32.6 Å². The fraction of sp³-hybridized carbons (Fsp3) is 0.394. The minimum atomic E-state index is -3.85. The van der Waals surface area contributed by atoms with Crippen molar-refractivity contribution in [2.24, 2.45) is 0 Å². The lowest BCUT2D eigenvalue weighted by molar-refractivity contribution is -0.140. The lowest BCUT2D eigenvalue weighted by atomic mass is 9.94. The summed E-state index contributed by atoms with van der Waals surface area (Å²) in [7, 11) is -3.85. The average Bonchev–Trinajstić information content (AvgIpc) is 2.95. The number of hydrogen-bond acceptors (Lipinski definition) is 4. The summed E-state index contributed by atoms with van der Waals surface area (Å²) in [6.45, 7) is 3.32. The second-order valence-corrected chi connectivity index (χ2v) is 14.2. The first-order valence-electron chi connectivity index (χ1n) is 14.5. The summed E-state index contributed by atoms with van der Waals surface area (Å²) >= 11 is 12.5. The van der Waals surface area contributed by atoms with Gasteiger partial charge in [0.2, 0.25) is 21.8 Å². The van der Waals surface area contributed by atoms with Gasteiger partial charge in [-0.05, 0) is 73.2 Å². The number of nitrogens with zero attached hydrogens (tertiary/aromatic N) is 2. The number of halogens is 2. The molecule has 3 aromatic carbocycles. The van der Waals surface area contributed by atoms with Gasteiger partial charge < -0.3 is 10.2 Å². The van der Waals surface area contributed by atoms with Crippen LogP contribution in [0.25, 0.3) is 0 Å². The number of nitrogens with one attached hydrogen (secondary N) is 1. The molecule has 0 aliphatic heterocycles. The first kappa shape index (κ1) is 32.8. The standard InChI is InChI=1S/C33H39Cl2N3O4S/c1-23-16-24(2)18-28(17-23)38(43(3,41)42)22-32(39)37(21-26-14-15-29(34)30(35)19-26)31(20-25-10-6-4-7-11-25)33(40)36-27-12-8-5-9-13-27/h4,6-7,10-11,14-19,27,31H,5,8-9,12-13,20-22H2,1-3H3,(H,36,40). The summed E-state index contributed by atoms with van der Waals surface area (Å²) in [4.78, 5) is 29.8. The van der Waals surface area contributed by atoms with E-state index in [9.17, 15) is 18.0 Å². The van der Waals surface area contributed by atoms with Crippen LogP contribution >= 0.6 is 23.2 Å². The van der Waals surface area contributed by atoms with Crippen LogP contribution in [-0.4, -0.2) is 50.0 Å². The van der Waals surface area contributed by atoms with Crippen molar-refractivity contribution in [3.63, 3.8) is 0 Å². The van der Waals surface area contributed by atoms with Crippen LogP contribution in [0.5, 0.6) is 0 Å². The highest BCUT2D eigenvalue weighted by atomic mass is 35.5. The van der Waals surface area contributed by atoms with E-state index in [1.807, 2.05) is 50.2 Å². The second kappa shape index (κ2) is 14.6. The molecule has 0 bridgehead atoms. The molecule has 0 saturated heterocycles. The van der Waals surface area contributed by atoms with Gasteiger partial charge in [0, 0.05) is 19.0 Å². The van der Waals surface area contributed by atoms with Crippen molar-refractivity contribution in [2.75, 3.05) is 17.1 Å². The van der Waals surface area contributed by atoms with E-state index >= 15 is 0 Å². The topological polar surface area (TPSA) is 86.8 Å². The monoisotopic (exact) mass is 643 g/mol. The van der Waals surface area contributed by atoms with Crippen molar-refractivity contribution >= 4 is 50.7 Å². The average molecular weight is 645 g/mol. The Morgan fingerprint density at radius 3 is 2.14 bits per heavy atom. The lowest BCUT2D eigenvalue weighted by Gasteiger charge is -2.35. The molecule has 4 rings (SSSR count). The Hall–Kier alpha value is -3.07. The first-order valence-corrected chi connectivity index (χ1v) is 17.1. The van der Waals surface area contributed by atoms with Gasteiger partial charge in [0.25, 0.3) is 0 Å². The van der Waals surface area contributed by atoms with Crippen molar-refractivity contribution in [1.29, 1.82) is 0 Å². The van der Waals surface area contributed by atoms with E-state index in [0.29, 0.717) is 21.3 Å². The van der Waals surface area contributed by atoms with E-state index in [1.165, 1.54) is 4.90 Å². The molecular weight excluding hydrogens is 605 g/mol. The molecule has 1 saturated carbocycles. The van der Waals surface area contributed by atoms with Crippen molar-refractivity contribution in [3.05, 3.63) is 99.0 Å². The highest BCUT2D eigenvalue weighted by Crippen LogP contribution is 2.26. The second-order valence-electron chi connectivity index (χ2n) is 11.4. The Morgan fingerprint density at radius 1 is 0.884 bits per heavy atom. The number of aryl methyl sites for hydroxylation is 2. The zero-order valence-corrected chi connectivity index (χ0v) is 27.2. The highest BCUT2D eigenvalue weighted by Gasteiger charge is 2.34. The number of sulfonamides is 1. The van der Waals surface area contributed by atoms with Crippen LogP contribution in [0.15, 0.2) is 66.7 Å². The molecule has 1 fully saturated rings. The number of rotatable bonds is 11. The van der Waals surface area contributed by atoms with E-state index < -0.39 is 28.5 Å². The van der Waals surface area contributed by atoms with E-state index in [1.54, 1.807) is 30.3 Å². The fourth-order valence-corrected chi connectivity index (χ4v) is 6.80. The first-order chi connectivity index (χ1) is 20.4. The summed E-state index contributed by atoms with van der Waals surface area (Å²) in [6.07, 6.45) is 6.34. The van der Waals surface area contributed by atoms with Crippen molar-refractivity contribution in [1.82, 2.24) is 10.2 Å². The number of amides is 2. The smallest absolute Gasteiger partial charge is 0.244 e. The van der Waals surface area contributed by atoms with Crippen LogP contribution in [0.2, 0.25) is 10.0 Å². The van der Waals surface area contributed by atoms with Gasteiger partial charge in [0.05, 0.1) is 22.0 Å². The Kier molecular flexibility index (Phi) is 11.2. The molecule has 1 aliphatic rings. The predicted octanol–water partition coefficient (Wildman–Crippen LogP) is 6.47. The molecule has 1 unspecified atom stereocenters. The molecule has 0 aromatic heterocycles.